The van der Waals surface area contributed by atoms with Gasteiger partial charge in [-0.15, -0.1) is 11.3 Å². The zero-order valence-electron chi connectivity index (χ0n) is 9.03. The van der Waals surface area contributed by atoms with Gasteiger partial charge >= 0.3 is 0 Å². The van der Waals surface area contributed by atoms with Gasteiger partial charge in [0.2, 0.25) is 0 Å². The van der Waals surface area contributed by atoms with E-state index in [9.17, 15) is 4.39 Å². The number of halogens is 1. The van der Waals surface area contributed by atoms with Crippen LogP contribution >= 0.6 is 11.3 Å². The van der Waals surface area contributed by atoms with Crippen molar-refractivity contribution < 1.29 is 4.39 Å². The minimum Gasteiger partial charge on any atom is -0.365 e. The largest absolute Gasteiger partial charge is 0.365 e. The highest BCUT2D eigenvalue weighted by Crippen LogP contribution is 2.19. The molecule has 4 heteroatoms. The molecule has 0 aliphatic heterocycles. The van der Waals surface area contributed by atoms with Crippen molar-refractivity contribution in [1.82, 2.24) is 4.98 Å². The highest BCUT2D eigenvalue weighted by molar-refractivity contribution is 7.15. The van der Waals surface area contributed by atoms with Crippen molar-refractivity contribution in [3.63, 3.8) is 0 Å². The molecule has 0 fully saturated rings. The van der Waals surface area contributed by atoms with Crippen molar-refractivity contribution >= 4 is 16.5 Å². The smallest absolute Gasteiger partial charge is 0.182 e. The van der Waals surface area contributed by atoms with Crippen LogP contribution in [-0.2, 0) is 12.8 Å². The molecule has 84 valence electrons. The number of aromatic nitrogens is 1. The van der Waals surface area contributed by atoms with E-state index in [4.69, 9.17) is 0 Å². The monoisotopic (exact) mass is 236 g/mol. The quantitative estimate of drug-likeness (QED) is 0.882. The molecule has 0 aliphatic rings. The maximum atomic E-state index is 12.7. The average Bonchev–Trinajstić information content (AvgIpc) is 2.76. The van der Waals surface area contributed by atoms with E-state index < -0.39 is 0 Å². The maximum absolute atomic E-state index is 12.7. The van der Waals surface area contributed by atoms with Crippen molar-refractivity contribution in [3.8, 4) is 0 Å². The number of nitrogens with zero attached hydrogens (tertiary/aromatic N) is 1. The van der Waals surface area contributed by atoms with E-state index in [2.05, 4.69) is 10.3 Å². The van der Waals surface area contributed by atoms with E-state index in [1.807, 2.05) is 25.4 Å². The molecule has 0 bridgehead atoms. The molecule has 16 heavy (non-hydrogen) atoms. The van der Waals surface area contributed by atoms with Gasteiger partial charge in [0.25, 0.3) is 0 Å². The number of aryl methyl sites for hydroxylation is 2. The first-order valence-corrected chi connectivity index (χ1v) is 5.96. The second-order valence-corrected chi connectivity index (χ2v) is 4.62. The standard InChI is InChI=1S/C12H13FN2S/c1-14-12-15-8-11(16-12)7-4-9-2-5-10(13)6-3-9/h2-3,5-6,8H,4,7H2,1H3,(H,14,15). The van der Waals surface area contributed by atoms with E-state index in [-0.39, 0.29) is 5.82 Å². The molecular formula is C12H13FN2S. The normalized spacial score (nSPS) is 10.4. The Balaban J connectivity index is 1.94. The Morgan fingerprint density at radius 3 is 2.62 bits per heavy atom. The fourth-order valence-corrected chi connectivity index (χ4v) is 2.22. The van der Waals surface area contributed by atoms with Gasteiger partial charge in [0.05, 0.1) is 0 Å². The van der Waals surface area contributed by atoms with Crippen LogP contribution in [0.4, 0.5) is 9.52 Å². The number of nitrogens with one attached hydrogen (secondary N) is 1. The van der Waals surface area contributed by atoms with Crippen LogP contribution in [0.5, 0.6) is 0 Å². The Kier molecular flexibility index (Phi) is 3.51. The van der Waals surface area contributed by atoms with Crippen LogP contribution in [0.1, 0.15) is 10.4 Å². The summed E-state index contributed by atoms with van der Waals surface area (Å²) >= 11 is 1.66. The first kappa shape index (κ1) is 11.1. The lowest BCUT2D eigenvalue weighted by Crippen LogP contribution is -1.88. The molecule has 1 aromatic carbocycles. The SMILES string of the molecule is CNc1ncc(CCc2ccc(F)cc2)s1. The Hall–Kier alpha value is -1.42. The van der Waals surface area contributed by atoms with Crippen molar-refractivity contribution in [2.75, 3.05) is 12.4 Å². The number of hydrogen-bond donors (Lipinski definition) is 1. The van der Waals surface area contributed by atoms with Crippen LogP contribution in [0, 0.1) is 5.82 Å². The number of rotatable bonds is 4. The lowest BCUT2D eigenvalue weighted by molar-refractivity contribution is 0.627. The third kappa shape index (κ3) is 2.79. The van der Waals surface area contributed by atoms with Gasteiger partial charge in [-0.1, -0.05) is 12.1 Å². The molecule has 1 aromatic heterocycles. The predicted molar refractivity (Wildman–Crippen MR) is 65.5 cm³/mol. The molecule has 2 aromatic rings. The highest BCUT2D eigenvalue weighted by Gasteiger charge is 2.01. The number of anilines is 1. The Morgan fingerprint density at radius 1 is 1.25 bits per heavy atom. The summed E-state index contributed by atoms with van der Waals surface area (Å²) in [5, 5.41) is 3.95. The summed E-state index contributed by atoms with van der Waals surface area (Å²) in [5.74, 6) is -0.181. The number of benzene rings is 1. The van der Waals surface area contributed by atoms with Crippen molar-refractivity contribution in [2.24, 2.45) is 0 Å². The summed E-state index contributed by atoms with van der Waals surface area (Å²) in [6, 6.07) is 6.66. The van der Waals surface area contributed by atoms with E-state index in [0.717, 1.165) is 23.5 Å². The van der Waals surface area contributed by atoms with Crippen molar-refractivity contribution in [2.45, 2.75) is 12.8 Å². The molecule has 0 spiro atoms. The van der Waals surface area contributed by atoms with Gasteiger partial charge in [0.15, 0.2) is 5.13 Å². The van der Waals surface area contributed by atoms with Gasteiger partial charge in [0, 0.05) is 18.1 Å². The van der Waals surface area contributed by atoms with Crippen molar-refractivity contribution in [1.29, 1.82) is 0 Å². The second-order valence-electron chi connectivity index (χ2n) is 3.51. The Labute approximate surface area is 98.2 Å². The summed E-state index contributed by atoms with van der Waals surface area (Å²) in [5.41, 5.74) is 1.15. The third-order valence-corrected chi connectivity index (χ3v) is 3.42. The summed E-state index contributed by atoms with van der Waals surface area (Å²) in [6.45, 7) is 0. The first-order chi connectivity index (χ1) is 7.78. The van der Waals surface area contributed by atoms with Crippen LogP contribution in [0.25, 0.3) is 0 Å². The molecule has 0 atom stereocenters. The molecular weight excluding hydrogens is 223 g/mol. The number of thiazole rings is 1. The summed E-state index contributed by atoms with van der Waals surface area (Å²) < 4.78 is 12.7. The van der Waals surface area contributed by atoms with Crippen LogP contribution in [0.15, 0.2) is 30.5 Å². The van der Waals surface area contributed by atoms with E-state index in [1.165, 1.54) is 17.0 Å². The molecule has 0 radical (unpaired) electrons. The van der Waals surface area contributed by atoms with Gasteiger partial charge in [-0.25, -0.2) is 9.37 Å². The molecule has 0 saturated heterocycles. The van der Waals surface area contributed by atoms with E-state index in [0.29, 0.717) is 0 Å². The van der Waals surface area contributed by atoms with Gasteiger partial charge in [-0.2, -0.15) is 0 Å². The average molecular weight is 236 g/mol. The minimum atomic E-state index is -0.181. The van der Waals surface area contributed by atoms with Crippen LogP contribution in [-0.4, -0.2) is 12.0 Å². The maximum Gasteiger partial charge on any atom is 0.182 e. The molecule has 0 unspecified atom stereocenters. The zero-order chi connectivity index (χ0) is 11.4. The Morgan fingerprint density at radius 2 is 2.00 bits per heavy atom. The molecule has 0 amide bonds. The first-order valence-electron chi connectivity index (χ1n) is 5.15. The molecule has 0 saturated carbocycles. The summed E-state index contributed by atoms with van der Waals surface area (Å²) in [4.78, 5) is 5.45. The third-order valence-electron chi connectivity index (χ3n) is 2.34. The minimum absolute atomic E-state index is 0.181. The molecule has 1 heterocycles. The van der Waals surface area contributed by atoms with Crippen LogP contribution in [0.2, 0.25) is 0 Å². The van der Waals surface area contributed by atoms with E-state index >= 15 is 0 Å². The van der Waals surface area contributed by atoms with Gasteiger partial charge in [-0.05, 0) is 30.5 Å². The highest BCUT2D eigenvalue weighted by atomic mass is 32.1. The summed E-state index contributed by atoms with van der Waals surface area (Å²) in [6.07, 6.45) is 3.76. The second kappa shape index (κ2) is 5.07. The topological polar surface area (TPSA) is 24.9 Å². The van der Waals surface area contributed by atoms with Crippen molar-refractivity contribution in [3.05, 3.63) is 46.7 Å². The molecule has 0 aliphatic carbocycles. The van der Waals surface area contributed by atoms with Gasteiger partial charge in [-0.3, -0.25) is 0 Å². The lowest BCUT2D eigenvalue weighted by Gasteiger charge is -1.98. The zero-order valence-corrected chi connectivity index (χ0v) is 9.85. The molecule has 2 rings (SSSR count). The molecule has 2 nitrogen and oxygen atoms in total. The Bertz CT molecular complexity index is 450. The number of hydrogen-bond acceptors (Lipinski definition) is 3. The lowest BCUT2D eigenvalue weighted by atomic mass is 10.1. The van der Waals surface area contributed by atoms with E-state index in [1.54, 1.807) is 11.3 Å². The fraction of sp³-hybridized carbons (Fsp3) is 0.250. The van der Waals surface area contributed by atoms with Gasteiger partial charge < -0.3 is 5.32 Å². The summed E-state index contributed by atoms with van der Waals surface area (Å²) in [7, 11) is 1.86. The fourth-order valence-electron chi connectivity index (χ4n) is 1.46. The van der Waals surface area contributed by atoms with Crippen LogP contribution in [0.3, 0.4) is 0 Å². The van der Waals surface area contributed by atoms with Crippen LogP contribution < -0.4 is 5.32 Å². The predicted octanol–water partition coefficient (Wildman–Crippen LogP) is 3.11. The van der Waals surface area contributed by atoms with Gasteiger partial charge in [0.1, 0.15) is 5.82 Å². The molecule has 1 N–H and O–H groups in total.